The predicted octanol–water partition coefficient (Wildman–Crippen LogP) is 5.56. The van der Waals surface area contributed by atoms with Crippen molar-refractivity contribution in [2.24, 2.45) is 0 Å². The molecule has 3 nitrogen and oxygen atoms in total. The third-order valence-corrected chi connectivity index (χ3v) is 7.47. The second kappa shape index (κ2) is 9.04. The first-order valence-corrected chi connectivity index (χ1v) is 11.6. The van der Waals surface area contributed by atoms with E-state index in [4.69, 9.17) is 0 Å². The summed E-state index contributed by atoms with van der Waals surface area (Å²) in [4.78, 5) is 17.7. The molecule has 0 radical (unpaired) electrons. The Kier molecular flexibility index (Phi) is 6.26. The highest BCUT2D eigenvalue weighted by Gasteiger charge is 2.52. The van der Waals surface area contributed by atoms with Crippen molar-refractivity contribution in [2.75, 3.05) is 5.75 Å². The van der Waals surface area contributed by atoms with Gasteiger partial charge in [0, 0.05) is 24.1 Å². The smallest absolute Gasteiger partial charge is 0.314 e. The number of nitrogens with zero attached hydrogens (tertiary/aromatic N) is 2. The largest absolute Gasteiger partial charge is 0.321 e. The maximum atomic E-state index is 13.4. The molecule has 2 aliphatic rings. The molecule has 0 N–H and O–H groups in total. The van der Waals surface area contributed by atoms with Crippen LogP contribution in [0.5, 0.6) is 0 Å². The lowest BCUT2D eigenvalue weighted by atomic mass is 10.0. The van der Waals surface area contributed by atoms with E-state index in [1.54, 1.807) is 0 Å². The van der Waals surface area contributed by atoms with E-state index in [1.165, 1.54) is 36.8 Å². The van der Waals surface area contributed by atoms with Crippen molar-refractivity contribution in [2.45, 2.75) is 63.0 Å². The number of hydrogen-bond donors (Lipinski definition) is 0. The highest BCUT2D eigenvalue weighted by atomic mass is 32.2. The van der Waals surface area contributed by atoms with Crippen molar-refractivity contribution in [3.63, 3.8) is 0 Å². The first-order chi connectivity index (χ1) is 13.8. The minimum atomic E-state index is 0.212. The van der Waals surface area contributed by atoms with Crippen LogP contribution in [0.1, 0.15) is 43.7 Å². The van der Waals surface area contributed by atoms with Crippen LogP contribution in [0.15, 0.2) is 60.7 Å². The van der Waals surface area contributed by atoms with Gasteiger partial charge >= 0.3 is 6.03 Å². The molecule has 2 aromatic rings. The van der Waals surface area contributed by atoms with Gasteiger partial charge in [0.2, 0.25) is 0 Å². The number of carbonyl (C=O) groups excluding carboxylic acids is 1. The lowest BCUT2D eigenvalue weighted by Gasteiger charge is -2.27. The molecule has 4 rings (SSSR count). The molecule has 0 spiro atoms. The van der Waals surface area contributed by atoms with Crippen LogP contribution in [-0.2, 0) is 13.1 Å². The summed E-state index contributed by atoms with van der Waals surface area (Å²) in [6.07, 6.45) is 5.02. The van der Waals surface area contributed by atoms with Crippen LogP contribution >= 0.6 is 11.8 Å². The number of amides is 2. The molecule has 0 unspecified atom stereocenters. The van der Waals surface area contributed by atoms with Gasteiger partial charge in [0.05, 0.1) is 12.1 Å². The fourth-order valence-electron chi connectivity index (χ4n) is 4.55. The Morgan fingerprint density at radius 3 is 2.11 bits per heavy atom. The molecule has 2 aliphatic heterocycles. The second-order valence-corrected chi connectivity index (χ2v) is 9.21. The van der Waals surface area contributed by atoms with E-state index in [0.29, 0.717) is 23.9 Å². The maximum Gasteiger partial charge on any atom is 0.321 e. The number of rotatable bonds is 8. The molecule has 0 aromatic heterocycles. The third kappa shape index (κ3) is 4.07. The van der Waals surface area contributed by atoms with E-state index in [0.717, 1.165) is 12.3 Å². The molecule has 2 saturated heterocycles. The fourth-order valence-corrected chi connectivity index (χ4v) is 6.23. The Morgan fingerprint density at radius 1 is 0.893 bits per heavy atom. The van der Waals surface area contributed by atoms with Gasteiger partial charge in [-0.2, -0.15) is 11.8 Å². The number of carbonyl (C=O) groups is 1. The highest BCUT2D eigenvalue weighted by molar-refractivity contribution is 8.00. The average molecular weight is 395 g/mol. The molecule has 2 heterocycles. The third-order valence-electron chi connectivity index (χ3n) is 5.99. The van der Waals surface area contributed by atoms with Gasteiger partial charge in [-0.25, -0.2) is 4.79 Å². The summed E-state index contributed by atoms with van der Waals surface area (Å²) in [5.41, 5.74) is 2.44. The molecular formula is C24H30N2OS. The summed E-state index contributed by atoms with van der Waals surface area (Å²) in [5, 5.41) is 0.560. The van der Waals surface area contributed by atoms with Gasteiger partial charge in [-0.3, -0.25) is 0 Å². The molecule has 4 heteroatoms. The van der Waals surface area contributed by atoms with Crippen molar-refractivity contribution < 1.29 is 4.79 Å². The van der Waals surface area contributed by atoms with Crippen molar-refractivity contribution in [3.8, 4) is 0 Å². The Labute approximate surface area is 173 Å². The monoisotopic (exact) mass is 394 g/mol. The number of hydrogen-bond acceptors (Lipinski definition) is 2. The van der Waals surface area contributed by atoms with Gasteiger partial charge in [-0.05, 0) is 17.5 Å². The predicted molar refractivity (Wildman–Crippen MR) is 117 cm³/mol. The number of fused-ring (bicyclic) bond motifs is 1. The zero-order chi connectivity index (χ0) is 19.3. The zero-order valence-corrected chi connectivity index (χ0v) is 17.5. The number of unbranched alkanes of at least 4 members (excludes halogenated alkanes) is 2. The van der Waals surface area contributed by atoms with Crippen molar-refractivity contribution in [1.29, 1.82) is 0 Å². The summed E-state index contributed by atoms with van der Waals surface area (Å²) in [6.45, 7) is 3.69. The van der Waals surface area contributed by atoms with Gasteiger partial charge in [-0.1, -0.05) is 86.8 Å². The van der Waals surface area contributed by atoms with E-state index >= 15 is 0 Å². The topological polar surface area (TPSA) is 23.6 Å². The maximum absolute atomic E-state index is 13.4. The normalized spacial score (nSPS) is 24.0. The van der Waals surface area contributed by atoms with Crippen LogP contribution in [0.2, 0.25) is 0 Å². The molecule has 0 saturated carbocycles. The number of urea groups is 1. The van der Waals surface area contributed by atoms with Crippen LogP contribution in [-0.4, -0.2) is 38.9 Å². The highest BCUT2D eigenvalue weighted by Crippen LogP contribution is 2.42. The van der Waals surface area contributed by atoms with E-state index in [9.17, 15) is 4.79 Å². The second-order valence-electron chi connectivity index (χ2n) is 7.94. The van der Waals surface area contributed by atoms with E-state index < -0.39 is 0 Å². The number of thioether (sulfide) groups is 1. The lowest BCUT2D eigenvalue weighted by molar-refractivity contribution is 0.180. The van der Waals surface area contributed by atoms with Gasteiger partial charge < -0.3 is 9.80 Å². The molecule has 2 amide bonds. The Balaban J connectivity index is 1.56. The summed E-state index contributed by atoms with van der Waals surface area (Å²) in [6, 6.07) is 21.7. The summed E-state index contributed by atoms with van der Waals surface area (Å²) in [5.74, 6) is 1.06. The standard InChI is InChI=1S/C24H30N2OS/c1-2-3-6-15-22-23-21(18-28-22)25(16-19-11-7-4-8-12-19)24(27)26(23)17-20-13-9-5-10-14-20/h4-5,7-14,21-23H,2-3,6,15-18H2,1H3/t21-,22+,23-/m0/s1. The fraction of sp³-hybridized carbons (Fsp3) is 0.458. The first kappa shape index (κ1) is 19.4. The van der Waals surface area contributed by atoms with Crippen LogP contribution in [0.25, 0.3) is 0 Å². The van der Waals surface area contributed by atoms with Crippen LogP contribution < -0.4 is 0 Å². The van der Waals surface area contributed by atoms with E-state index in [-0.39, 0.29) is 6.03 Å². The van der Waals surface area contributed by atoms with Crippen molar-refractivity contribution in [3.05, 3.63) is 71.8 Å². The molecular weight excluding hydrogens is 364 g/mol. The van der Waals surface area contributed by atoms with Crippen LogP contribution in [0.3, 0.4) is 0 Å². The first-order valence-electron chi connectivity index (χ1n) is 10.5. The Hall–Kier alpha value is -1.94. The minimum absolute atomic E-state index is 0.212. The van der Waals surface area contributed by atoms with Gasteiger partial charge in [0.25, 0.3) is 0 Å². The molecule has 2 fully saturated rings. The Bertz CT molecular complexity index is 767. The molecule has 148 valence electrons. The molecule has 28 heavy (non-hydrogen) atoms. The SMILES string of the molecule is CCCCC[C@H]1SC[C@H]2[C@@H]1N(Cc1ccccc1)C(=O)N2Cc1ccccc1. The average Bonchev–Trinajstić information content (AvgIpc) is 3.24. The summed E-state index contributed by atoms with van der Waals surface area (Å²) >= 11 is 2.08. The van der Waals surface area contributed by atoms with Crippen molar-refractivity contribution in [1.82, 2.24) is 9.80 Å². The Morgan fingerprint density at radius 2 is 1.50 bits per heavy atom. The van der Waals surface area contributed by atoms with E-state index in [1.807, 2.05) is 12.1 Å². The summed E-state index contributed by atoms with van der Waals surface area (Å²) in [7, 11) is 0. The lowest BCUT2D eigenvalue weighted by Crippen LogP contribution is -2.40. The van der Waals surface area contributed by atoms with Crippen LogP contribution in [0.4, 0.5) is 4.79 Å². The zero-order valence-electron chi connectivity index (χ0n) is 16.7. The molecule has 0 aliphatic carbocycles. The van der Waals surface area contributed by atoms with Gasteiger partial charge in [0.1, 0.15) is 0 Å². The molecule has 3 atom stereocenters. The number of benzene rings is 2. The van der Waals surface area contributed by atoms with Crippen molar-refractivity contribution >= 4 is 17.8 Å². The van der Waals surface area contributed by atoms with Crippen LogP contribution in [0, 0.1) is 0 Å². The van der Waals surface area contributed by atoms with Gasteiger partial charge in [0.15, 0.2) is 0 Å². The molecule has 2 aromatic carbocycles. The quantitative estimate of drug-likeness (QED) is 0.432. The summed E-state index contributed by atoms with van der Waals surface area (Å²) < 4.78 is 0. The minimum Gasteiger partial charge on any atom is -0.314 e. The van der Waals surface area contributed by atoms with E-state index in [2.05, 4.69) is 77.0 Å². The van der Waals surface area contributed by atoms with Gasteiger partial charge in [-0.15, -0.1) is 0 Å². The molecule has 0 bridgehead atoms.